The van der Waals surface area contributed by atoms with Crippen molar-refractivity contribution in [3.8, 4) is 0 Å². The maximum Gasteiger partial charge on any atom is 0.0973 e. The maximum atomic E-state index is 6.19. The number of thiophene rings is 1. The van der Waals surface area contributed by atoms with Crippen molar-refractivity contribution in [2.24, 2.45) is 0 Å². The van der Waals surface area contributed by atoms with Crippen LogP contribution in [0, 0.1) is 0 Å². The topological polar surface area (TPSA) is 15.3 Å². The van der Waals surface area contributed by atoms with Crippen molar-refractivity contribution in [1.82, 2.24) is 10.2 Å². The van der Waals surface area contributed by atoms with Crippen molar-refractivity contribution in [3.05, 3.63) is 21.3 Å². The number of halogens is 2. The molecule has 2 bridgehead atoms. The van der Waals surface area contributed by atoms with E-state index in [0.717, 1.165) is 29.5 Å². The fourth-order valence-electron chi connectivity index (χ4n) is 2.97. The van der Waals surface area contributed by atoms with E-state index in [1.165, 1.54) is 31.4 Å². The molecular weight excluding hydrogens is 275 g/mol. The molecule has 2 fully saturated rings. The standard InChI is InChI=1S/C12H17ClN2S.ClH/c13-12-9(4-6-16-12)8-15-10-1-2-11(15)7-14-5-3-10;/h4,6,10-11,14H,1-3,5,7-8H2;1H. The van der Waals surface area contributed by atoms with Gasteiger partial charge in [-0.05, 0) is 42.8 Å². The lowest BCUT2D eigenvalue weighted by Gasteiger charge is -2.27. The highest BCUT2D eigenvalue weighted by Gasteiger charge is 2.34. The summed E-state index contributed by atoms with van der Waals surface area (Å²) < 4.78 is 0.969. The van der Waals surface area contributed by atoms with Crippen LogP contribution in [0.2, 0.25) is 4.34 Å². The highest BCUT2D eigenvalue weighted by molar-refractivity contribution is 7.14. The van der Waals surface area contributed by atoms with Crippen molar-refractivity contribution in [2.45, 2.75) is 37.9 Å². The van der Waals surface area contributed by atoms with E-state index in [0.29, 0.717) is 0 Å². The molecule has 2 nitrogen and oxygen atoms in total. The van der Waals surface area contributed by atoms with Gasteiger partial charge in [0.1, 0.15) is 0 Å². The Balaban J connectivity index is 0.00000108. The molecule has 3 heterocycles. The maximum absolute atomic E-state index is 6.19. The molecular formula is C12H18Cl2N2S. The van der Waals surface area contributed by atoms with Crippen LogP contribution in [0.4, 0.5) is 0 Å². The summed E-state index contributed by atoms with van der Waals surface area (Å²) in [6, 6.07) is 3.67. The number of fused-ring (bicyclic) bond motifs is 2. The van der Waals surface area contributed by atoms with Gasteiger partial charge in [0.2, 0.25) is 0 Å². The van der Waals surface area contributed by atoms with Crippen LogP contribution in [0.5, 0.6) is 0 Å². The van der Waals surface area contributed by atoms with E-state index < -0.39 is 0 Å². The van der Waals surface area contributed by atoms with Crippen LogP contribution in [0.1, 0.15) is 24.8 Å². The zero-order valence-corrected chi connectivity index (χ0v) is 12.1. The zero-order valence-electron chi connectivity index (χ0n) is 9.69. The van der Waals surface area contributed by atoms with Crippen molar-refractivity contribution in [1.29, 1.82) is 0 Å². The second-order valence-electron chi connectivity index (χ2n) is 4.77. The fourth-order valence-corrected chi connectivity index (χ4v) is 3.88. The molecule has 0 aromatic carbocycles. The minimum absolute atomic E-state index is 0. The van der Waals surface area contributed by atoms with E-state index >= 15 is 0 Å². The van der Waals surface area contributed by atoms with E-state index in [2.05, 4.69) is 21.7 Å². The monoisotopic (exact) mass is 292 g/mol. The molecule has 0 radical (unpaired) electrons. The third kappa shape index (κ3) is 2.79. The van der Waals surface area contributed by atoms with Gasteiger partial charge in [0, 0.05) is 25.2 Å². The van der Waals surface area contributed by atoms with Gasteiger partial charge in [-0.15, -0.1) is 23.7 Å². The summed E-state index contributed by atoms with van der Waals surface area (Å²) in [5, 5.41) is 5.62. The second kappa shape index (κ2) is 5.89. The lowest BCUT2D eigenvalue weighted by atomic mass is 10.1. The first kappa shape index (κ1) is 13.6. The molecule has 1 N–H and O–H groups in total. The highest BCUT2D eigenvalue weighted by Crippen LogP contribution is 2.32. The third-order valence-corrected chi connectivity index (χ3v) is 5.10. The van der Waals surface area contributed by atoms with E-state index in [1.54, 1.807) is 11.3 Å². The highest BCUT2D eigenvalue weighted by atomic mass is 35.5. The predicted octanol–water partition coefficient (Wildman–Crippen LogP) is 3.15. The largest absolute Gasteiger partial charge is 0.315 e. The van der Waals surface area contributed by atoms with Gasteiger partial charge >= 0.3 is 0 Å². The molecule has 17 heavy (non-hydrogen) atoms. The first-order chi connectivity index (χ1) is 7.84. The average molecular weight is 293 g/mol. The molecule has 2 unspecified atom stereocenters. The Hall–Kier alpha value is 0.200. The molecule has 0 saturated carbocycles. The Morgan fingerprint density at radius 1 is 1.35 bits per heavy atom. The molecule has 2 atom stereocenters. The Kier molecular flexibility index (Phi) is 4.72. The number of hydrogen-bond acceptors (Lipinski definition) is 3. The Morgan fingerprint density at radius 2 is 2.18 bits per heavy atom. The summed E-state index contributed by atoms with van der Waals surface area (Å²) in [5.74, 6) is 0. The smallest absolute Gasteiger partial charge is 0.0973 e. The second-order valence-corrected chi connectivity index (χ2v) is 6.29. The van der Waals surface area contributed by atoms with E-state index in [9.17, 15) is 0 Å². The van der Waals surface area contributed by atoms with Gasteiger partial charge in [0.15, 0.2) is 0 Å². The van der Waals surface area contributed by atoms with Crippen molar-refractivity contribution >= 4 is 35.3 Å². The molecule has 0 aliphatic carbocycles. The SMILES string of the molecule is Cl.Clc1sccc1CN1C2CCNCC1CC2. The van der Waals surface area contributed by atoms with E-state index in [1.807, 2.05) is 0 Å². The van der Waals surface area contributed by atoms with Gasteiger partial charge in [-0.3, -0.25) is 4.90 Å². The molecule has 2 saturated heterocycles. The molecule has 2 aliphatic rings. The average Bonchev–Trinajstić information content (AvgIpc) is 2.73. The summed E-state index contributed by atoms with van der Waals surface area (Å²) in [4.78, 5) is 2.66. The van der Waals surface area contributed by atoms with Crippen LogP contribution in [0.25, 0.3) is 0 Å². The van der Waals surface area contributed by atoms with Crippen molar-refractivity contribution in [2.75, 3.05) is 13.1 Å². The minimum Gasteiger partial charge on any atom is -0.315 e. The molecule has 96 valence electrons. The van der Waals surface area contributed by atoms with Gasteiger partial charge in [-0.1, -0.05) is 11.6 Å². The normalized spacial score (nSPS) is 28.8. The molecule has 3 rings (SSSR count). The molecule has 5 heteroatoms. The zero-order chi connectivity index (χ0) is 11.0. The van der Waals surface area contributed by atoms with Crippen molar-refractivity contribution < 1.29 is 0 Å². The van der Waals surface area contributed by atoms with Crippen LogP contribution in [0.3, 0.4) is 0 Å². The lowest BCUT2D eigenvalue weighted by molar-refractivity contribution is 0.194. The van der Waals surface area contributed by atoms with E-state index in [-0.39, 0.29) is 12.4 Å². The summed E-state index contributed by atoms with van der Waals surface area (Å²) in [7, 11) is 0. The summed E-state index contributed by atoms with van der Waals surface area (Å²) >= 11 is 7.84. The van der Waals surface area contributed by atoms with Crippen LogP contribution < -0.4 is 5.32 Å². The van der Waals surface area contributed by atoms with Gasteiger partial charge < -0.3 is 5.32 Å². The van der Waals surface area contributed by atoms with Gasteiger partial charge in [-0.2, -0.15) is 0 Å². The molecule has 0 amide bonds. The lowest BCUT2D eigenvalue weighted by Crippen LogP contribution is -2.37. The summed E-state index contributed by atoms with van der Waals surface area (Å²) in [6.45, 7) is 3.37. The Labute approximate surface area is 118 Å². The van der Waals surface area contributed by atoms with E-state index in [4.69, 9.17) is 11.6 Å². The van der Waals surface area contributed by atoms with Crippen LogP contribution in [-0.2, 0) is 6.54 Å². The fraction of sp³-hybridized carbons (Fsp3) is 0.667. The van der Waals surface area contributed by atoms with Gasteiger partial charge in [0.25, 0.3) is 0 Å². The molecule has 1 aromatic heterocycles. The predicted molar refractivity (Wildman–Crippen MR) is 76.4 cm³/mol. The number of nitrogens with zero attached hydrogens (tertiary/aromatic N) is 1. The van der Waals surface area contributed by atoms with Gasteiger partial charge in [0.05, 0.1) is 4.34 Å². The number of nitrogens with one attached hydrogen (secondary N) is 1. The third-order valence-electron chi connectivity index (χ3n) is 3.85. The van der Waals surface area contributed by atoms with Gasteiger partial charge in [-0.25, -0.2) is 0 Å². The molecule has 0 spiro atoms. The summed E-state index contributed by atoms with van der Waals surface area (Å²) in [5.41, 5.74) is 1.31. The first-order valence-corrected chi connectivity index (χ1v) is 7.28. The Bertz CT molecular complexity index is 355. The van der Waals surface area contributed by atoms with Crippen LogP contribution in [0.15, 0.2) is 11.4 Å². The van der Waals surface area contributed by atoms with Crippen LogP contribution in [-0.4, -0.2) is 30.1 Å². The first-order valence-electron chi connectivity index (χ1n) is 6.03. The molecule has 1 aromatic rings. The Morgan fingerprint density at radius 3 is 2.94 bits per heavy atom. The quantitative estimate of drug-likeness (QED) is 0.901. The molecule has 2 aliphatic heterocycles. The minimum atomic E-state index is 0. The number of hydrogen-bond donors (Lipinski definition) is 1. The number of rotatable bonds is 2. The van der Waals surface area contributed by atoms with Crippen molar-refractivity contribution in [3.63, 3.8) is 0 Å². The van der Waals surface area contributed by atoms with Crippen LogP contribution >= 0.6 is 35.3 Å². The summed E-state index contributed by atoms with van der Waals surface area (Å²) in [6.07, 6.45) is 4.01.